The number of rotatable bonds is 4. The van der Waals surface area contributed by atoms with Gasteiger partial charge in [-0.05, 0) is 30.3 Å². The molecule has 3 rings (SSSR count). The summed E-state index contributed by atoms with van der Waals surface area (Å²) in [7, 11) is 1.30. The lowest BCUT2D eigenvalue weighted by Gasteiger charge is -2.36. The van der Waals surface area contributed by atoms with Crippen LogP contribution in [0.25, 0.3) is 0 Å². The summed E-state index contributed by atoms with van der Waals surface area (Å²) in [6.07, 6.45) is 0. The van der Waals surface area contributed by atoms with Crippen molar-refractivity contribution in [2.75, 3.05) is 43.5 Å². The lowest BCUT2D eigenvalue weighted by atomic mass is 10.2. The third kappa shape index (κ3) is 4.37. The molecule has 2 amide bonds. The number of methoxy groups -OCH3 is 1. The number of anilines is 2. The maximum Gasteiger partial charge on any atom is 0.337 e. The van der Waals surface area contributed by atoms with Gasteiger partial charge in [0.05, 0.1) is 17.6 Å². The van der Waals surface area contributed by atoms with Crippen LogP contribution >= 0.6 is 0 Å². The molecule has 0 aromatic heterocycles. The Bertz CT molecular complexity index is 876. The van der Waals surface area contributed by atoms with Crippen LogP contribution < -0.4 is 10.2 Å². The minimum Gasteiger partial charge on any atom is -0.465 e. The summed E-state index contributed by atoms with van der Waals surface area (Å²) in [5, 5.41) is 13.5. The molecule has 0 bridgehead atoms. The van der Waals surface area contributed by atoms with E-state index in [9.17, 15) is 19.7 Å². The Labute approximate surface area is 161 Å². The molecule has 1 N–H and O–H groups in total. The van der Waals surface area contributed by atoms with Gasteiger partial charge in [-0.3, -0.25) is 10.1 Å². The van der Waals surface area contributed by atoms with E-state index < -0.39 is 10.9 Å². The standard InChI is InChI=1S/C19H20N4O5/c1-28-18(24)14-3-2-4-15(13-14)20-19(25)22-11-9-21(10-12-22)16-5-7-17(8-6-16)23(26)27/h2-8,13H,9-12H2,1H3,(H,20,25). The highest BCUT2D eigenvalue weighted by molar-refractivity contribution is 5.94. The van der Waals surface area contributed by atoms with Gasteiger partial charge in [-0.1, -0.05) is 6.07 Å². The summed E-state index contributed by atoms with van der Waals surface area (Å²) < 4.78 is 4.68. The molecule has 2 aromatic rings. The van der Waals surface area contributed by atoms with E-state index in [1.54, 1.807) is 41.3 Å². The molecule has 146 valence electrons. The van der Waals surface area contributed by atoms with E-state index >= 15 is 0 Å². The van der Waals surface area contributed by atoms with E-state index in [1.807, 2.05) is 0 Å². The molecule has 28 heavy (non-hydrogen) atoms. The average Bonchev–Trinajstić information content (AvgIpc) is 2.73. The van der Waals surface area contributed by atoms with Crippen molar-refractivity contribution in [2.45, 2.75) is 0 Å². The summed E-state index contributed by atoms with van der Waals surface area (Å²) in [5.74, 6) is -0.465. The third-order valence-corrected chi connectivity index (χ3v) is 4.53. The number of amides is 2. The smallest absolute Gasteiger partial charge is 0.337 e. The number of piperazine rings is 1. The van der Waals surface area contributed by atoms with E-state index in [1.165, 1.54) is 19.2 Å². The Kier molecular flexibility index (Phi) is 5.73. The van der Waals surface area contributed by atoms with Gasteiger partial charge < -0.3 is 19.9 Å². The molecule has 0 spiro atoms. The second-order valence-electron chi connectivity index (χ2n) is 6.25. The van der Waals surface area contributed by atoms with Gasteiger partial charge in [0, 0.05) is 49.7 Å². The first kappa shape index (κ1) is 19.2. The lowest BCUT2D eigenvalue weighted by molar-refractivity contribution is -0.384. The fourth-order valence-electron chi connectivity index (χ4n) is 3.00. The van der Waals surface area contributed by atoms with Crippen LogP contribution in [0, 0.1) is 10.1 Å². The van der Waals surface area contributed by atoms with Crippen molar-refractivity contribution in [3.05, 3.63) is 64.2 Å². The maximum absolute atomic E-state index is 12.5. The lowest BCUT2D eigenvalue weighted by Crippen LogP contribution is -2.50. The van der Waals surface area contributed by atoms with Crippen LogP contribution in [0.15, 0.2) is 48.5 Å². The van der Waals surface area contributed by atoms with Crippen LogP contribution in [-0.2, 0) is 4.74 Å². The van der Waals surface area contributed by atoms with Gasteiger partial charge in [0.2, 0.25) is 0 Å². The number of nitrogens with one attached hydrogen (secondary N) is 1. The first-order valence-electron chi connectivity index (χ1n) is 8.71. The monoisotopic (exact) mass is 384 g/mol. The number of carbonyl (C=O) groups excluding carboxylic acids is 2. The minimum atomic E-state index is -0.465. The van der Waals surface area contributed by atoms with E-state index in [4.69, 9.17) is 0 Å². The van der Waals surface area contributed by atoms with Crippen molar-refractivity contribution in [3.63, 3.8) is 0 Å². The Morgan fingerprint density at radius 1 is 1.07 bits per heavy atom. The molecule has 1 fully saturated rings. The van der Waals surface area contributed by atoms with Gasteiger partial charge in [0.15, 0.2) is 0 Å². The topological polar surface area (TPSA) is 105 Å². The summed E-state index contributed by atoms with van der Waals surface area (Å²) in [6.45, 7) is 2.26. The third-order valence-electron chi connectivity index (χ3n) is 4.53. The number of urea groups is 1. The van der Waals surface area contributed by atoms with Crippen molar-refractivity contribution >= 4 is 29.1 Å². The first-order chi connectivity index (χ1) is 13.5. The number of nitro groups is 1. The number of hydrogen-bond acceptors (Lipinski definition) is 6. The molecule has 0 unspecified atom stereocenters. The van der Waals surface area contributed by atoms with Gasteiger partial charge in [0.1, 0.15) is 0 Å². The number of esters is 1. The highest BCUT2D eigenvalue weighted by Crippen LogP contribution is 2.21. The zero-order valence-corrected chi connectivity index (χ0v) is 15.3. The fraction of sp³-hybridized carbons (Fsp3) is 0.263. The molecule has 9 nitrogen and oxygen atoms in total. The van der Waals surface area contributed by atoms with Crippen molar-refractivity contribution in [1.82, 2.24) is 4.90 Å². The molecule has 1 aliphatic rings. The highest BCUT2D eigenvalue weighted by atomic mass is 16.6. The predicted octanol–water partition coefficient (Wildman–Crippen LogP) is 2.74. The summed E-state index contributed by atoms with van der Waals surface area (Å²) in [6, 6.07) is 12.7. The molecule has 0 aliphatic carbocycles. The number of benzene rings is 2. The van der Waals surface area contributed by atoms with Gasteiger partial charge in [-0.25, -0.2) is 9.59 Å². The van der Waals surface area contributed by atoms with Gasteiger partial charge >= 0.3 is 12.0 Å². The first-order valence-corrected chi connectivity index (χ1v) is 8.71. The Morgan fingerprint density at radius 3 is 2.36 bits per heavy atom. The predicted molar refractivity (Wildman–Crippen MR) is 104 cm³/mol. The van der Waals surface area contributed by atoms with Crippen LogP contribution in [0.5, 0.6) is 0 Å². The number of carbonyl (C=O) groups is 2. The second kappa shape index (κ2) is 8.38. The van der Waals surface area contributed by atoms with Gasteiger partial charge in [0.25, 0.3) is 5.69 Å². The zero-order chi connectivity index (χ0) is 20.1. The number of hydrogen-bond donors (Lipinski definition) is 1. The summed E-state index contributed by atoms with van der Waals surface area (Å²) in [5.41, 5.74) is 1.82. The quantitative estimate of drug-likeness (QED) is 0.494. The summed E-state index contributed by atoms with van der Waals surface area (Å²) in [4.78, 5) is 38.2. The van der Waals surface area contributed by atoms with Gasteiger partial charge in [-0.15, -0.1) is 0 Å². The van der Waals surface area contributed by atoms with E-state index in [2.05, 4.69) is 15.0 Å². The van der Waals surface area contributed by atoms with Crippen LogP contribution in [-0.4, -0.2) is 55.1 Å². The summed E-state index contributed by atoms with van der Waals surface area (Å²) >= 11 is 0. The molecular formula is C19H20N4O5. The van der Waals surface area contributed by atoms with E-state index in [0.29, 0.717) is 37.4 Å². The van der Waals surface area contributed by atoms with Gasteiger partial charge in [-0.2, -0.15) is 0 Å². The largest absolute Gasteiger partial charge is 0.465 e. The number of nitro benzene ring substituents is 1. The molecular weight excluding hydrogens is 364 g/mol. The Hall–Kier alpha value is -3.62. The Balaban J connectivity index is 1.56. The second-order valence-corrected chi connectivity index (χ2v) is 6.25. The van der Waals surface area contributed by atoms with Crippen molar-refractivity contribution in [2.24, 2.45) is 0 Å². The fourth-order valence-corrected chi connectivity index (χ4v) is 3.00. The number of non-ortho nitro benzene ring substituents is 1. The Morgan fingerprint density at radius 2 is 1.75 bits per heavy atom. The van der Waals surface area contributed by atoms with E-state index in [-0.39, 0.29) is 11.7 Å². The minimum absolute atomic E-state index is 0.0518. The highest BCUT2D eigenvalue weighted by Gasteiger charge is 2.22. The molecule has 0 saturated carbocycles. The van der Waals surface area contributed by atoms with Crippen molar-refractivity contribution < 1.29 is 19.2 Å². The molecule has 2 aromatic carbocycles. The number of ether oxygens (including phenoxy) is 1. The molecule has 0 radical (unpaired) electrons. The van der Waals surface area contributed by atoms with Crippen LogP contribution in [0.4, 0.5) is 21.9 Å². The SMILES string of the molecule is COC(=O)c1cccc(NC(=O)N2CCN(c3ccc([N+](=O)[O-])cc3)CC2)c1. The van der Waals surface area contributed by atoms with Crippen molar-refractivity contribution in [3.8, 4) is 0 Å². The van der Waals surface area contributed by atoms with Crippen LogP contribution in [0.1, 0.15) is 10.4 Å². The number of nitrogens with zero attached hydrogens (tertiary/aromatic N) is 3. The molecule has 1 heterocycles. The zero-order valence-electron chi connectivity index (χ0n) is 15.3. The molecule has 0 atom stereocenters. The van der Waals surface area contributed by atoms with Crippen LogP contribution in [0.2, 0.25) is 0 Å². The van der Waals surface area contributed by atoms with Crippen molar-refractivity contribution in [1.29, 1.82) is 0 Å². The molecule has 9 heteroatoms. The average molecular weight is 384 g/mol. The molecule has 1 saturated heterocycles. The van der Waals surface area contributed by atoms with Crippen LogP contribution in [0.3, 0.4) is 0 Å². The maximum atomic E-state index is 12.5. The molecule has 1 aliphatic heterocycles. The normalized spacial score (nSPS) is 13.8. The van der Waals surface area contributed by atoms with E-state index in [0.717, 1.165) is 5.69 Å².